The molecule has 0 saturated heterocycles. The van der Waals surface area contributed by atoms with Crippen LogP contribution in [-0.4, -0.2) is 15.9 Å². The Hall–Kier alpha value is -3.54. The van der Waals surface area contributed by atoms with Gasteiger partial charge < -0.3 is 9.73 Å². The van der Waals surface area contributed by atoms with Crippen LogP contribution >= 0.6 is 0 Å². The maximum atomic E-state index is 13.0. The van der Waals surface area contributed by atoms with Crippen LogP contribution in [0.4, 0.5) is 10.2 Å². The smallest absolute Gasteiger partial charge is 0.260 e. The Labute approximate surface area is 148 Å². The second-order valence-corrected chi connectivity index (χ2v) is 5.87. The van der Waals surface area contributed by atoms with E-state index in [1.165, 1.54) is 18.4 Å². The molecular formula is C20H14FN3O2. The van der Waals surface area contributed by atoms with Gasteiger partial charge >= 0.3 is 0 Å². The fraction of sp³-hybridized carbons (Fsp3) is 0.0500. The van der Waals surface area contributed by atoms with Gasteiger partial charge in [0, 0.05) is 23.3 Å². The Morgan fingerprint density at radius 1 is 1.15 bits per heavy atom. The van der Waals surface area contributed by atoms with E-state index in [-0.39, 0.29) is 11.7 Å². The number of nitrogens with zero attached hydrogens (tertiary/aromatic N) is 2. The SMILES string of the molecule is Cc1ccncc1-c1cc(C(=O)Nc2ccc(F)cn2)c2occc2c1. The van der Waals surface area contributed by atoms with Gasteiger partial charge in [0.1, 0.15) is 17.2 Å². The van der Waals surface area contributed by atoms with Crippen molar-refractivity contribution >= 4 is 22.7 Å². The molecule has 4 aromatic rings. The minimum atomic E-state index is -0.467. The lowest BCUT2D eigenvalue weighted by atomic mass is 9.98. The van der Waals surface area contributed by atoms with Crippen LogP contribution in [0.25, 0.3) is 22.1 Å². The second-order valence-electron chi connectivity index (χ2n) is 5.87. The van der Waals surface area contributed by atoms with E-state index in [1.807, 2.05) is 19.1 Å². The average molecular weight is 347 g/mol. The van der Waals surface area contributed by atoms with Crippen molar-refractivity contribution in [1.29, 1.82) is 0 Å². The van der Waals surface area contributed by atoms with Crippen LogP contribution < -0.4 is 5.32 Å². The molecule has 0 spiro atoms. The highest BCUT2D eigenvalue weighted by Gasteiger charge is 2.16. The zero-order valence-electron chi connectivity index (χ0n) is 13.9. The first-order valence-electron chi connectivity index (χ1n) is 7.97. The molecule has 0 atom stereocenters. The number of hydrogen-bond acceptors (Lipinski definition) is 4. The third kappa shape index (κ3) is 2.93. The molecular weight excluding hydrogens is 333 g/mol. The first-order chi connectivity index (χ1) is 12.6. The lowest BCUT2D eigenvalue weighted by molar-refractivity contribution is 0.102. The van der Waals surface area contributed by atoms with E-state index in [2.05, 4.69) is 15.3 Å². The summed E-state index contributed by atoms with van der Waals surface area (Å²) >= 11 is 0. The summed E-state index contributed by atoms with van der Waals surface area (Å²) in [6, 6.07) is 10.1. The Morgan fingerprint density at radius 3 is 2.81 bits per heavy atom. The van der Waals surface area contributed by atoms with Crippen LogP contribution in [0.15, 0.2) is 65.7 Å². The molecule has 0 fully saturated rings. The predicted octanol–water partition coefficient (Wildman–Crippen LogP) is 4.59. The van der Waals surface area contributed by atoms with E-state index in [0.29, 0.717) is 11.1 Å². The number of nitrogens with one attached hydrogen (secondary N) is 1. The number of anilines is 1. The molecule has 5 nitrogen and oxygen atoms in total. The Balaban J connectivity index is 1.78. The fourth-order valence-electron chi connectivity index (χ4n) is 2.81. The van der Waals surface area contributed by atoms with Crippen molar-refractivity contribution in [3.05, 3.63) is 78.2 Å². The van der Waals surface area contributed by atoms with Crippen molar-refractivity contribution in [3.8, 4) is 11.1 Å². The van der Waals surface area contributed by atoms with Gasteiger partial charge in [-0.2, -0.15) is 0 Å². The van der Waals surface area contributed by atoms with Crippen LogP contribution in [0.1, 0.15) is 15.9 Å². The molecule has 0 radical (unpaired) electrons. The fourth-order valence-corrected chi connectivity index (χ4v) is 2.81. The molecule has 1 amide bonds. The number of furan rings is 1. The summed E-state index contributed by atoms with van der Waals surface area (Å²) in [5, 5.41) is 3.48. The van der Waals surface area contributed by atoms with Crippen LogP contribution in [0.5, 0.6) is 0 Å². The van der Waals surface area contributed by atoms with Crippen LogP contribution in [0.2, 0.25) is 0 Å². The van der Waals surface area contributed by atoms with E-state index < -0.39 is 5.82 Å². The normalized spacial score (nSPS) is 10.8. The van der Waals surface area contributed by atoms with Crippen molar-refractivity contribution in [1.82, 2.24) is 9.97 Å². The van der Waals surface area contributed by atoms with Gasteiger partial charge in [-0.25, -0.2) is 9.37 Å². The molecule has 0 aliphatic carbocycles. The number of aryl methyl sites for hydroxylation is 1. The van der Waals surface area contributed by atoms with Gasteiger partial charge in [-0.1, -0.05) is 0 Å². The molecule has 3 heterocycles. The molecule has 0 unspecified atom stereocenters. The second kappa shape index (κ2) is 6.40. The first-order valence-corrected chi connectivity index (χ1v) is 7.97. The number of benzene rings is 1. The highest BCUT2D eigenvalue weighted by atomic mass is 19.1. The van der Waals surface area contributed by atoms with E-state index in [9.17, 15) is 9.18 Å². The molecule has 0 saturated carbocycles. The molecule has 0 aliphatic heterocycles. The van der Waals surface area contributed by atoms with E-state index in [4.69, 9.17) is 4.42 Å². The number of amides is 1. The number of carbonyl (C=O) groups is 1. The highest BCUT2D eigenvalue weighted by Crippen LogP contribution is 2.30. The molecule has 1 aromatic carbocycles. The first kappa shape index (κ1) is 16.0. The lowest BCUT2D eigenvalue weighted by Crippen LogP contribution is -2.13. The molecule has 1 N–H and O–H groups in total. The summed E-state index contributed by atoms with van der Waals surface area (Å²) in [5.41, 5.74) is 3.70. The number of fused-ring (bicyclic) bond motifs is 1. The van der Waals surface area contributed by atoms with Crippen molar-refractivity contribution < 1.29 is 13.6 Å². The minimum absolute atomic E-state index is 0.263. The average Bonchev–Trinajstić information content (AvgIpc) is 3.11. The van der Waals surface area contributed by atoms with Gasteiger partial charge in [0.2, 0.25) is 0 Å². The summed E-state index contributed by atoms with van der Waals surface area (Å²) in [5.74, 6) is -0.586. The third-order valence-electron chi connectivity index (χ3n) is 4.11. The minimum Gasteiger partial charge on any atom is -0.464 e. The summed E-state index contributed by atoms with van der Waals surface area (Å²) in [6.45, 7) is 1.98. The molecule has 6 heteroatoms. The Kier molecular flexibility index (Phi) is 3.93. The number of aromatic nitrogens is 2. The molecule has 4 rings (SSSR count). The molecule has 3 aromatic heterocycles. The van der Waals surface area contributed by atoms with Crippen molar-refractivity contribution in [2.24, 2.45) is 0 Å². The van der Waals surface area contributed by atoms with Gasteiger partial charge in [-0.3, -0.25) is 9.78 Å². The van der Waals surface area contributed by atoms with Crippen LogP contribution in [0.3, 0.4) is 0 Å². The topological polar surface area (TPSA) is 68.0 Å². The van der Waals surface area contributed by atoms with E-state index in [1.54, 1.807) is 24.5 Å². The van der Waals surface area contributed by atoms with Gasteiger partial charge in [-0.05, 0) is 54.4 Å². The summed E-state index contributed by atoms with van der Waals surface area (Å²) in [6.07, 6.45) is 6.08. The number of rotatable bonds is 3. The molecule has 0 aliphatic rings. The van der Waals surface area contributed by atoms with Gasteiger partial charge in [0.05, 0.1) is 18.0 Å². The maximum absolute atomic E-state index is 13.0. The largest absolute Gasteiger partial charge is 0.464 e. The lowest BCUT2D eigenvalue weighted by Gasteiger charge is -2.09. The number of hydrogen-bond donors (Lipinski definition) is 1. The summed E-state index contributed by atoms with van der Waals surface area (Å²) < 4.78 is 18.5. The third-order valence-corrected chi connectivity index (χ3v) is 4.11. The van der Waals surface area contributed by atoms with Crippen molar-refractivity contribution in [2.75, 3.05) is 5.32 Å². The van der Waals surface area contributed by atoms with Gasteiger partial charge in [0.25, 0.3) is 5.91 Å². The molecule has 128 valence electrons. The standard InChI is InChI=1S/C20H14FN3O2/c1-12-4-6-22-11-17(12)14-8-13-5-7-26-19(13)16(9-14)20(25)24-18-3-2-15(21)10-23-18/h2-11H,1H3,(H,23,24,25). The van der Waals surface area contributed by atoms with Crippen molar-refractivity contribution in [2.45, 2.75) is 6.92 Å². The Bertz CT molecular complexity index is 1100. The number of pyridine rings is 2. The van der Waals surface area contributed by atoms with Crippen molar-refractivity contribution in [3.63, 3.8) is 0 Å². The molecule has 0 bridgehead atoms. The van der Waals surface area contributed by atoms with E-state index >= 15 is 0 Å². The quantitative estimate of drug-likeness (QED) is 0.588. The van der Waals surface area contributed by atoms with Crippen LogP contribution in [0, 0.1) is 12.7 Å². The monoisotopic (exact) mass is 347 g/mol. The number of carbonyl (C=O) groups excluding carboxylic acids is 1. The van der Waals surface area contributed by atoms with Crippen LogP contribution in [-0.2, 0) is 0 Å². The van der Waals surface area contributed by atoms with E-state index in [0.717, 1.165) is 28.3 Å². The molecule has 26 heavy (non-hydrogen) atoms. The number of halogens is 1. The zero-order chi connectivity index (χ0) is 18.1. The predicted molar refractivity (Wildman–Crippen MR) is 96.3 cm³/mol. The Morgan fingerprint density at radius 2 is 2.04 bits per heavy atom. The summed E-state index contributed by atoms with van der Waals surface area (Å²) in [7, 11) is 0. The van der Waals surface area contributed by atoms with Gasteiger partial charge in [-0.15, -0.1) is 0 Å². The zero-order valence-corrected chi connectivity index (χ0v) is 13.9. The highest BCUT2D eigenvalue weighted by molar-refractivity contribution is 6.12. The maximum Gasteiger partial charge on any atom is 0.260 e. The summed E-state index contributed by atoms with van der Waals surface area (Å²) in [4.78, 5) is 20.8. The van der Waals surface area contributed by atoms with Gasteiger partial charge in [0.15, 0.2) is 0 Å².